The second-order valence-corrected chi connectivity index (χ2v) is 4.49. The molecule has 0 amide bonds. The Hall–Kier alpha value is -1.87. The van der Waals surface area contributed by atoms with E-state index in [4.69, 9.17) is 0 Å². The Balaban J connectivity index is 1.97. The van der Waals surface area contributed by atoms with Crippen molar-refractivity contribution in [3.63, 3.8) is 0 Å². The molecule has 0 fully saturated rings. The molecule has 0 atom stereocenters. The summed E-state index contributed by atoms with van der Waals surface area (Å²) in [4.78, 5) is 4.07. The maximum atomic E-state index is 9.90. The van der Waals surface area contributed by atoms with Crippen molar-refractivity contribution in [2.75, 3.05) is 0 Å². The number of aromatic nitrogens is 1. The third-order valence-corrected chi connectivity index (χ3v) is 3.09. The van der Waals surface area contributed by atoms with Crippen molar-refractivity contribution in [3.8, 4) is 5.75 Å². The summed E-state index contributed by atoms with van der Waals surface area (Å²) in [6.07, 6.45) is 3.66. The Morgan fingerprint density at radius 2 is 1.83 bits per heavy atom. The van der Waals surface area contributed by atoms with Gasteiger partial charge in [0.05, 0.1) is 0 Å². The molecule has 0 aliphatic rings. The number of benzene rings is 1. The van der Waals surface area contributed by atoms with E-state index in [0.29, 0.717) is 12.3 Å². The molecule has 94 valence electrons. The molecule has 1 heterocycles. The highest BCUT2D eigenvalue weighted by molar-refractivity contribution is 5.39. The highest BCUT2D eigenvalue weighted by Gasteiger charge is 2.03. The molecule has 1 aromatic heterocycles. The molecular formula is C15H18N2O. The van der Waals surface area contributed by atoms with Gasteiger partial charge < -0.3 is 10.4 Å². The van der Waals surface area contributed by atoms with Crippen LogP contribution in [-0.2, 0) is 13.1 Å². The van der Waals surface area contributed by atoms with E-state index in [0.717, 1.165) is 17.7 Å². The minimum atomic E-state index is 0.386. The Kier molecular flexibility index (Phi) is 3.95. The third-order valence-electron chi connectivity index (χ3n) is 3.09. The maximum Gasteiger partial charge on any atom is 0.122 e. The monoisotopic (exact) mass is 242 g/mol. The van der Waals surface area contributed by atoms with Crippen molar-refractivity contribution in [1.29, 1.82) is 0 Å². The maximum absolute atomic E-state index is 9.90. The van der Waals surface area contributed by atoms with Gasteiger partial charge in [0, 0.05) is 31.0 Å². The van der Waals surface area contributed by atoms with Crippen LogP contribution in [0.2, 0.25) is 0 Å². The van der Waals surface area contributed by atoms with Gasteiger partial charge in [-0.25, -0.2) is 0 Å². The van der Waals surface area contributed by atoms with Crippen LogP contribution in [0, 0.1) is 13.8 Å². The first-order valence-electron chi connectivity index (χ1n) is 6.06. The molecule has 0 saturated heterocycles. The minimum absolute atomic E-state index is 0.386. The predicted octanol–water partition coefficient (Wildman–Crippen LogP) is 2.69. The van der Waals surface area contributed by atoms with Gasteiger partial charge in [-0.15, -0.1) is 0 Å². The fourth-order valence-corrected chi connectivity index (χ4v) is 1.89. The van der Waals surface area contributed by atoms with Crippen molar-refractivity contribution in [2.45, 2.75) is 26.9 Å². The summed E-state index contributed by atoms with van der Waals surface area (Å²) in [5.41, 5.74) is 4.26. The molecule has 3 nitrogen and oxygen atoms in total. The summed E-state index contributed by atoms with van der Waals surface area (Å²) < 4.78 is 0. The quantitative estimate of drug-likeness (QED) is 0.866. The van der Waals surface area contributed by atoms with Crippen LogP contribution >= 0.6 is 0 Å². The number of nitrogens with zero attached hydrogens (tertiary/aromatic N) is 1. The van der Waals surface area contributed by atoms with Crippen molar-refractivity contribution in [3.05, 3.63) is 58.9 Å². The molecule has 0 radical (unpaired) electrons. The Morgan fingerprint density at radius 1 is 1.06 bits per heavy atom. The van der Waals surface area contributed by atoms with E-state index in [9.17, 15) is 5.11 Å². The van der Waals surface area contributed by atoms with Gasteiger partial charge in [-0.2, -0.15) is 0 Å². The van der Waals surface area contributed by atoms with E-state index >= 15 is 0 Å². The van der Waals surface area contributed by atoms with Crippen molar-refractivity contribution in [1.82, 2.24) is 10.3 Å². The normalized spacial score (nSPS) is 10.6. The number of hydrogen-bond acceptors (Lipinski definition) is 3. The van der Waals surface area contributed by atoms with Gasteiger partial charge in [-0.05, 0) is 36.6 Å². The summed E-state index contributed by atoms with van der Waals surface area (Å²) >= 11 is 0. The molecule has 3 heteroatoms. The van der Waals surface area contributed by atoms with Crippen LogP contribution in [0.3, 0.4) is 0 Å². The summed E-state index contributed by atoms with van der Waals surface area (Å²) in [5.74, 6) is 0.386. The largest absolute Gasteiger partial charge is 0.507 e. The van der Waals surface area contributed by atoms with Gasteiger partial charge in [0.15, 0.2) is 0 Å². The third kappa shape index (κ3) is 2.87. The van der Waals surface area contributed by atoms with Crippen molar-refractivity contribution < 1.29 is 5.11 Å². The van der Waals surface area contributed by atoms with Gasteiger partial charge in [-0.3, -0.25) is 4.98 Å². The van der Waals surface area contributed by atoms with E-state index < -0.39 is 0 Å². The van der Waals surface area contributed by atoms with E-state index in [1.807, 2.05) is 44.3 Å². The highest BCUT2D eigenvalue weighted by Crippen LogP contribution is 2.21. The lowest BCUT2D eigenvalue weighted by Crippen LogP contribution is -2.13. The summed E-state index contributed by atoms with van der Waals surface area (Å²) in [5, 5.41) is 13.2. The lowest BCUT2D eigenvalue weighted by atomic mass is 10.1. The van der Waals surface area contributed by atoms with Crippen LogP contribution in [0.5, 0.6) is 5.75 Å². The fraction of sp³-hybridized carbons (Fsp3) is 0.267. The molecule has 1 aromatic carbocycles. The first-order chi connectivity index (χ1) is 8.68. The average molecular weight is 242 g/mol. The number of para-hydroxylation sites is 1. The van der Waals surface area contributed by atoms with Gasteiger partial charge in [0.1, 0.15) is 5.75 Å². The summed E-state index contributed by atoms with van der Waals surface area (Å²) in [6, 6.07) is 7.82. The van der Waals surface area contributed by atoms with Crippen LogP contribution < -0.4 is 5.32 Å². The molecule has 0 unspecified atom stereocenters. The molecule has 2 N–H and O–H groups in total. The SMILES string of the molecule is Cc1cnccc1CNCc1cccc(C)c1O. The lowest BCUT2D eigenvalue weighted by molar-refractivity contribution is 0.460. The second kappa shape index (κ2) is 5.65. The number of hydrogen-bond donors (Lipinski definition) is 2. The van der Waals surface area contributed by atoms with Crippen LogP contribution in [0.1, 0.15) is 22.3 Å². The van der Waals surface area contributed by atoms with Gasteiger partial charge in [0.2, 0.25) is 0 Å². The fourth-order valence-electron chi connectivity index (χ4n) is 1.89. The zero-order chi connectivity index (χ0) is 13.0. The minimum Gasteiger partial charge on any atom is -0.507 e. The Morgan fingerprint density at radius 3 is 2.61 bits per heavy atom. The van der Waals surface area contributed by atoms with E-state index in [1.54, 1.807) is 6.20 Å². The van der Waals surface area contributed by atoms with Crippen LogP contribution in [0.25, 0.3) is 0 Å². The number of nitrogens with one attached hydrogen (secondary N) is 1. The Labute approximate surface area is 108 Å². The molecule has 0 spiro atoms. The van der Waals surface area contributed by atoms with Crippen molar-refractivity contribution in [2.24, 2.45) is 0 Å². The lowest BCUT2D eigenvalue weighted by Gasteiger charge is -2.09. The Bertz CT molecular complexity index is 538. The van der Waals surface area contributed by atoms with Gasteiger partial charge in [-0.1, -0.05) is 18.2 Å². The summed E-state index contributed by atoms with van der Waals surface area (Å²) in [6.45, 7) is 5.40. The molecule has 0 aliphatic heterocycles. The number of aryl methyl sites for hydroxylation is 2. The summed E-state index contributed by atoms with van der Waals surface area (Å²) in [7, 11) is 0. The van der Waals surface area contributed by atoms with Crippen LogP contribution in [0.4, 0.5) is 0 Å². The van der Waals surface area contributed by atoms with Crippen LogP contribution in [-0.4, -0.2) is 10.1 Å². The van der Waals surface area contributed by atoms with Crippen LogP contribution in [0.15, 0.2) is 36.7 Å². The molecule has 0 aliphatic carbocycles. The number of aromatic hydroxyl groups is 1. The first-order valence-corrected chi connectivity index (χ1v) is 6.06. The average Bonchev–Trinajstić information content (AvgIpc) is 2.37. The molecule has 0 bridgehead atoms. The van der Waals surface area contributed by atoms with E-state index in [-0.39, 0.29) is 0 Å². The standard InChI is InChI=1S/C15H18N2O/c1-11-4-3-5-14(15(11)18)10-17-9-13-6-7-16-8-12(13)2/h3-8,17-18H,9-10H2,1-2H3. The first kappa shape index (κ1) is 12.6. The highest BCUT2D eigenvalue weighted by atomic mass is 16.3. The molecule has 0 saturated carbocycles. The second-order valence-electron chi connectivity index (χ2n) is 4.49. The predicted molar refractivity (Wildman–Crippen MR) is 72.4 cm³/mol. The van der Waals surface area contributed by atoms with Gasteiger partial charge in [0.25, 0.3) is 0 Å². The molecule has 2 aromatic rings. The zero-order valence-electron chi connectivity index (χ0n) is 10.8. The van der Waals surface area contributed by atoms with Gasteiger partial charge >= 0.3 is 0 Å². The topological polar surface area (TPSA) is 45.2 Å². The number of phenolic OH excluding ortho intramolecular Hbond substituents is 1. The zero-order valence-corrected chi connectivity index (χ0v) is 10.8. The molecular weight excluding hydrogens is 224 g/mol. The number of rotatable bonds is 4. The molecule has 18 heavy (non-hydrogen) atoms. The van der Waals surface area contributed by atoms with Crippen molar-refractivity contribution >= 4 is 0 Å². The smallest absolute Gasteiger partial charge is 0.122 e. The number of phenols is 1. The van der Waals surface area contributed by atoms with E-state index in [2.05, 4.69) is 10.3 Å². The molecule has 2 rings (SSSR count). The number of pyridine rings is 1. The van der Waals surface area contributed by atoms with E-state index in [1.165, 1.54) is 11.1 Å².